The summed E-state index contributed by atoms with van der Waals surface area (Å²) < 4.78 is 22.3. The molecule has 0 aliphatic carbocycles. The predicted octanol–water partition coefficient (Wildman–Crippen LogP) is 3.87. The smallest absolute Gasteiger partial charge is 0.295 e. The summed E-state index contributed by atoms with van der Waals surface area (Å²) in [7, 11) is 1.53. The second-order valence-corrected chi connectivity index (χ2v) is 9.07. The number of likely N-dealkylation sites (tertiary alicyclic amines) is 1. The van der Waals surface area contributed by atoms with E-state index >= 15 is 0 Å². The third kappa shape index (κ3) is 4.98. The van der Waals surface area contributed by atoms with E-state index in [1.807, 2.05) is 6.92 Å². The zero-order valence-electron chi connectivity index (χ0n) is 20.5. The highest BCUT2D eigenvalue weighted by molar-refractivity contribution is 6.46. The lowest BCUT2D eigenvalue weighted by Gasteiger charge is -2.26. The van der Waals surface area contributed by atoms with Crippen LogP contribution in [0, 0.1) is 12.8 Å². The lowest BCUT2D eigenvalue weighted by molar-refractivity contribution is -0.140. The van der Waals surface area contributed by atoms with Gasteiger partial charge in [-0.2, -0.15) is 0 Å². The molecule has 8 nitrogen and oxygen atoms in total. The highest BCUT2D eigenvalue weighted by Crippen LogP contribution is 2.42. The van der Waals surface area contributed by atoms with Gasteiger partial charge < -0.3 is 29.0 Å². The Balaban J connectivity index is 1.78. The van der Waals surface area contributed by atoms with Crippen LogP contribution in [-0.2, 0) is 14.3 Å². The van der Waals surface area contributed by atoms with E-state index in [1.165, 1.54) is 12.0 Å². The molecule has 0 bridgehead atoms. The SMILES string of the molecule is COCCN1C(=O)C(=O)/C(=C(\O)c2ccc(OCC(C)C)c(C)c2)C1c1ccc2c(c1)OCCO2. The van der Waals surface area contributed by atoms with Gasteiger partial charge in [0.25, 0.3) is 11.7 Å². The van der Waals surface area contributed by atoms with Crippen molar-refractivity contribution in [1.29, 1.82) is 0 Å². The van der Waals surface area contributed by atoms with Gasteiger partial charge >= 0.3 is 0 Å². The van der Waals surface area contributed by atoms with E-state index < -0.39 is 17.7 Å². The minimum atomic E-state index is -0.793. The zero-order valence-corrected chi connectivity index (χ0v) is 20.5. The fraction of sp³-hybridized carbons (Fsp3) is 0.407. The third-order valence-corrected chi connectivity index (χ3v) is 5.98. The van der Waals surface area contributed by atoms with Crippen molar-refractivity contribution in [3.8, 4) is 17.2 Å². The van der Waals surface area contributed by atoms with E-state index in [1.54, 1.807) is 36.4 Å². The fourth-order valence-electron chi connectivity index (χ4n) is 4.25. The van der Waals surface area contributed by atoms with Crippen LogP contribution < -0.4 is 14.2 Å². The summed E-state index contributed by atoms with van der Waals surface area (Å²) in [5, 5.41) is 11.3. The maximum absolute atomic E-state index is 13.2. The highest BCUT2D eigenvalue weighted by Gasteiger charge is 2.46. The van der Waals surface area contributed by atoms with Crippen molar-refractivity contribution in [1.82, 2.24) is 4.90 Å². The summed E-state index contributed by atoms with van der Waals surface area (Å²) in [6.45, 7) is 7.88. The number of ketones is 1. The average molecular weight is 482 g/mol. The van der Waals surface area contributed by atoms with Crippen LogP contribution in [0.4, 0.5) is 0 Å². The first kappa shape index (κ1) is 24.6. The quantitative estimate of drug-likeness (QED) is 0.347. The van der Waals surface area contributed by atoms with E-state index in [-0.39, 0.29) is 24.5 Å². The van der Waals surface area contributed by atoms with E-state index in [0.29, 0.717) is 54.1 Å². The molecular weight excluding hydrogens is 450 g/mol. The van der Waals surface area contributed by atoms with Crippen LogP contribution >= 0.6 is 0 Å². The number of benzene rings is 2. The van der Waals surface area contributed by atoms with Crippen molar-refractivity contribution in [3.05, 3.63) is 58.7 Å². The summed E-state index contributed by atoms with van der Waals surface area (Å²) in [6, 6.07) is 9.73. The number of hydrogen-bond donors (Lipinski definition) is 1. The summed E-state index contributed by atoms with van der Waals surface area (Å²) >= 11 is 0. The molecule has 186 valence electrons. The van der Waals surface area contributed by atoms with Crippen LogP contribution in [0.5, 0.6) is 17.2 Å². The molecule has 1 N–H and O–H groups in total. The number of aliphatic hydroxyl groups is 1. The Morgan fingerprint density at radius 3 is 2.54 bits per heavy atom. The van der Waals surface area contributed by atoms with Crippen LogP contribution in [0.1, 0.15) is 36.6 Å². The molecule has 1 fully saturated rings. The van der Waals surface area contributed by atoms with Crippen LogP contribution in [-0.4, -0.2) is 61.8 Å². The summed E-state index contributed by atoms with van der Waals surface area (Å²) in [5.74, 6) is 0.556. The summed E-state index contributed by atoms with van der Waals surface area (Å²) in [4.78, 5) is 27.6. The molecule has 0 spiro atoms. The molecule has 35 heavy (non-hydrogen) atoms. The second kappa shape index (κ2) is 10.4. The van der Waals surface area contributed by atoms with Crippen LogP contribution in [0.15, 0.2) is 42.0 Å². The number of carbonyl (C=O) groups is 2. The Morgan fingerprint density at radius 1 is 1.11 bits per heavy atom. The van der Waals surface area contributed by atoms with Gasteiger partial charge in [0.05, 0.1) is 24.8 Å². The highest BCUT2D eigenvalue weighted by atomic mass is 16.6. The van der Waals surface area contributed by atoms with Gasteiger partial charge in [0.2, 0.25) is 0 Å². The molecule has 8 heteroatoms. The zero-order chi connectivity index (χ0) is 25.1. The molecule has 0 saturated carbocycles. The maximum Gasteiger partial charge on any atom is 0.295 e. The van der Waals surface area contributed by atoms with Crippen LogP contribution in [0.2, 0.25) is 0 Å². The van der Waals surface area contributed by atoms with Crippen LogP contribution in [0.3, 0.4) is 0 Å². The number of carbonyl (C=O) groups excluding carboxylic acids is 2. The van der Waals surface area contributed by atoms with Gasteiger partial charge in [-0.05, 0) is 54.3 Å². The summed E-state index contributed by atoms with van der Waals surface area (Å²) in [5.41, 5.74) is 1.92. The number of ether oxygens (including phenoxy) is 4. The van der Waals surface area contributed by atoms with E-state index in [0.717, 1.165) is 5.56 Å². The largest absolute Gasteiger partial charge is 0.507 e. The number of aryl methyl sites for hydroxylation is 1. The van der Waals surface area contributed by atoms with Crippen molar-refractivity contribution < 1.29 is 33.6 Å². The Kier molecular flexibility index (Phi) is 7.31. The van der Waals surface area contributed by atoms with Crippen molar-refractivity contribution in [2.75, 3.05) is 40.1 Å². The number of aliphatic hydroxyl groups excluding tert-OH is 1. The molecule has 2 heterocycles. The topological polar surface area (TPSA) is 94.5 Å². The molecule has 2 aliphatic heterocycles. The number of methoxy groups -OCH3 is 1. The Hall–Kier alpha value is -3.52. The predicted molar refractivity (Wildman–Crippen MR) is 130 cm³/mol. The molecule has 1 amide bonds. The molecule has 2 aliphatic rings. The molecule has 1 saturated heterocycles. The monoisotopic (exact) mass is 481 g/mol. The number of fused-ring (bicyclic) bond motifs is 1. The molecule has 2 aromatic rings. The average Bonchev–Trinajstić information content (AvgIpc) is 3.10. The Morgan fingerprint density at radius 2 is 1.86 bits per heavy atom. The van der Waals surface area contributed by atoms with Crippen molar-refractivity contribution in [2.45, 2.75) is 26.8 Å². The Bertz CT molecular complexity index is 1150. The molecular formula is C27H31NO7. The van der Waals surface area contributed by atoms with E-state index in [2.05, 4.69) is 13.8 Å². The van der Waals surface area contributed by atoms with Gasteiger partial charge in [-0.25, -0.2) is 0 Å². The van der Waals surface area contributed by atoms with Crippen molar-refractivity contribution in [2.24, 2.45) is 5.92 Å². The first-order chi connectivity index (χ1) is 16.8. The molecule has 0 aromatic heterocycles. The number of hydrogen-bond acceptors (Lipinski definition) is 7. The van der Waals surface area contributed by atoms with Gasteiger partial charge in [0, 0.05) is 19.2 Å². The standard InChI is InChI=1S/C27H31NO7/c1-16(2)15-35-20-7-6-19(13-17(20)3)25(29)23-24(28(9-10-32-4)27(31)26(23)30)18-5-8-21-22(14-18)34-12-11-33-21/h5-8,13-14,16,24,29H,9-12,15H2,1-4H3/b25-23-. The molecule has 0 radical (unpaired) electrons. The summed E-state index contributed by atoms with van der Waals surface area (Å²) in [6.07, 6.45) is 0. The number of rotatable bonds is 8. The second-order valence-electron chi connectivity index (χ2n) is 9.07. The normalized spacial score (nSPS) is 18.9. The minimum Gasteiger partial charge on any atom is -0.507 e. The number of nitrogens with zero attached hydrogens (tertiary/aromatic N) is 1. The van der Waals surface area contributed by atoms with Crippen molar-refractivity contribution in [3.63, 3.8) is 0 Å². The number of amides is 1. The van der Waals surface area contributed by atoms with Gasteiger partial charge in [-0.15, -0.1) is 0 Å². The van der Waals surface area contributed by atoms with Gasteiger partial charge in [-0.1, -0.05) is 19.9 Å². The van der Waals surface area contributed by atoms with Gasteiger partial charge in [-0.3, -0.25) is 9.59 Å². The maximum atomic E-state index is 13.2. The first-order valence-corrected chi connectivity index (χ1v) is 11.7. The Labute approximate surface area is 205 Å². The van der Waals surface area contributed by atoms with Crippen molar-refractivity contribution >= 4 is 17.4 Å². The number of Topliss-reactive ketones (excluding diaryl/α,β-unsaturated/α-hetero) is 1. The molecule has 2 aromatic carbocycles. The minimum absolute atomic E-state index is 0.0260. The van der Waals surface area contributed by atoms with E-state index in [9.17, 15) is 14.7 Å². The molecule has 1 unspecified atom stereocenters. The first-order valence-electron chi connectivity index (χ1n) is 11.7. The third-order valence-electron chi connectivity index (χ3n) is 5.98. The van der Waals surface area contributed by atoms with Crippen LogP contribution in [0.25, 0.3) is 5.76 Å². The molecule has 4 rings (SSSR count). The van der Waals surface area contributed by atoms with E-state index in [4.69, 9.17) is 18.9 Å². The molecule has 1 atom stereocenters. The fourth-order valence-corrected chi connectivity index (χ4v) is 4.25. The van der Waals surface area contributed by atoms with Gasteiger partial charge in [0.15, 0.2) is 11.5 Å². The van der Waals surface area contributed by atoms with Gasteiger partial charge in [0.1, 0.15) is 24.7 Å². The lowest BCUT2D eigenvalue weighted by atomic mass is 9.94. The lowest BCUT2D eigenvalue weighted by Crippen LogP contribution is -2.32.